The Balaban J connectivity index is 1.56. The first-order valence-corrected chi connectivity index (χ1v) is 9.42. The fourth-order valence-corrected chi connectivity index (χ4v) is 2.88. The first kappa shape index (κ1) is 21.4. The first-order chi connectivity index (χ1) is 14.3. The van der Waals surface area contributed by atoms with Crippen molar-refractivity contribution >= 4 is 34.9 Å². The molecule has 0 saturated heterocycles. The van der Waals surface area contributed by atoms with Gasteiger partial charge in [-0.1, -0.05) is 23.2 Å². The van der Waals surface area contributed by atoms with Crippen LogP contribution in [-0.2, 0) is 13.2 Å². The largest absolute Gasteiger partial charge is 0.486 e. The molecule has 0 spiro atoms. The van der Waals surface area contributed by atoms with Crippen molar-refractivity contribution in [2.75, 3.05) is 0 Å². The molecule has 1 aromatic heterocycles. The van der Waals surface area contributed by atoms with Crippen LogP contribution in [0.4, 0.5) is 0 Å². The van der Waals surface area contributed by atoms with Crippen LogP contribution in [0.25, 0.3) is 0 Å². The Bertz CT molecular complexity index is 1000. The molecule has 6 N–H and O–H groups in total. The lowest BCUT2D eigenvalue weighted by atomic mass is 10.2. The summed E-state index contributed by atoms with van der Waals surface area (Å²) in [4.78, 5) is 8.60. The number of hydrogen-bond donors (Lipinski definition) is 4. The first-order valence-electron chi connectivity index (χ1n) is 8.67. The zero-order valence-corrected chi connectivity index (χ0v) is 17.2. The van der Waals surface area contributed by atoms with Gasteiger partial charge in [0.1, 0.15) is 36.4 Å². The molecule has 10 heteroatoms. The van der Waals surface area contributed by atoms with Gasteiger partial charge in [0.25, 0.3) is 0 Å². The Morgan fingerprint density at radius 2 is 1.17 bits per heavy atom. The molecule has 0 unspecified atom stereocenters. The molecule has 8 nitrogen and oxygen atoms in total. The molecule has 0 aliphatic carbocycles. The molecular formula is C20H18Cl2N6O2. The van der Waals surface area contributed by atoms with E-state index in [0.29, 0.717) is 44.1 Å². The van der Waals surface area contributed by atoms with Crippen molar-refractivity contribution in [2.24, 2.45) is 11.5 Å². The van der Waals surface area contributed by atoms with E-state index >= 15 is 0 Å². The number of nitrogens with two attached hydrogens (primary N) is 2. The highest BCUT2D eigenvalue weighted by atomic mass is 35.5. The van der Waals surface area contributed by atoms with Crippen LogP contribution in [0.5, 0.6) is 11.5 Å². The fourth-order valence-electron chi connectivity index (χ4n) is 2.40. The summed E-state index contributed by atoms with van der Waals surface area (Å²) < 4.78 is 11.3. The standard InChI is InChI=1S/C20H18Cl2N6O2/c21-15-5-11(19(23)24)1-3-17(15)29-9-13-7-28-14(8-27-13)10-30-18-4-2-12(20(25)26)6-16(18)22/h1-8H,9-10H2,(H3,23,24)(H3,25,26). The molecule has 0 bridgehead atoms. The average Bonchev–Trinajstić information content (AvgIpc) is 2.72. The Hall–Kier alpha value is -3.36. The lowest BCUT2D eigenvalue weighted by molar-refractivity contribution is 0.294. The zero-order chi connectivity index (χ0) is 21.7. The minimum Gasteiger partial charge on any atom is -0.486 e. The van der Waals surface area contributed by atoms with Crippen LogP contribution >= 0.6 is 23.2 Å². The quantitative estimate of drug-likeness (QED) is 0.309. The van der Waals surface area contributed by atoms with Crippen LogP contribution in [-0.4, -0.2) is 21.6 Å². The number of nitrogen functional groups attached to an aromatic ring is 2. The van der Waals surface area contributed by atoms with E-state index in [9.17, 15) is 0 Å². The molecule has 1 heterocycles. The summed E-state index contributed by atoms with van der Waals surface area (Å²) in [6.45, 7) is 0.344. The van der Waals surface area contributed by atoms with Gasteiger partial charge >= 0.3 is 0 Å². The second-order valence-electron chi connectivity index (χ2n) is 6.19. The van der Waals surface area contributed by atoms with Gasteiger partial charge < -0.3 is 20.9 Å². The summed E-state index contributed by atoms with van der Waals surface area (Å²) in [7, 11) is 0. The Labute approximate surface area is 182 Å². The van der Waals surface area contributed by atoms with Gasteiger partial charge in [0, 0.05) is 11.1 Å². The van der Waals surface area contributed by atoms with E-state index in [1.54, 1.807) is 48.8 Å². The monoisotopic (exact) mass is 444 g/mol. The van der Waals surface area contributed by atoms with Gasteiger partial charge in [-0.3, -0.25) is 20.8 Å². The minimum atomic E-state index is -0.0665. The van der Waals surface area contributed by atoms with E-state index in [0.717, 1.165) is 0 Å². The molecule has 0 atom stereocenters. The number of amidine groups is 2. The number of rotatable bonds is 8. The van der Waals surface area contributed by atoms with Gasteiger partial charge in [0.05, 0.1) is 33.8 Å². The second kappa shape index (κ2) is 9.43. The van der Waals surface area contributed by atoms with Crippen molar-refractivity contribution in [2.45, 2.75) is 13.2 Å². The maximum Gasteiger partial charge on any atom is 0.138 e. The van der Waals surface area contributed by atoms with Crippen LogP contribution in [0.2, 0.25) is 10.0 Å². The van der Waals surface area contributed by atoms with Crippen molar-refractivity contribution in [3.05, 3.63) is 81.4 Å². The molecule has 3 aromatic rings. The summed E-state index contributed by atoms with van der Waals surface area (Å²) in [5, 5.41) is 15.5. The Morgan fingerprint density at radius 1 is 0.767 bits per heavy atom. The molecule has 154 valence electrons. The third-order valence-corrected chi connectivity index (χ3v) is 4.59. The number of nitrogens with zero attached hydrogens (tertiary/aromatic N) is 2. The highest BCUT2D eigenvalue weighted by Gasteiger charge is 2.08. The van der Waals surface area contributed by atoms with Gasteiger partial charge in [-0.2, -0.15) is 0 Å². The number of hydrogen-bond acceptors (Lipinski definition) is 6. The highest BCUT2D eigenvalue weighted by molar-refractivity contribution is 6.32. The van der Waals surface area contributed by atoms with E-state index in [4.69, 9.17) is 55.0 Å². The van der Waals surface area contributed by atoms with Gasteiger partial charge in [-0.05, 0) is 36.4 Å². The third-order valence-electron chi connectivity index (χ3n) is 4.00. The summed E-state index contributed by atoms with van der Waals surface area (Å²) >= 11 is 12.3. The van der Waals surface area contributed by atoms with Crippen molar-refractivity contribution in [3.8, 4) is 11.5 Å². The van der Waals surface area contributed by atoms with E-state index < -0.39 is 0 Å². The van der Waals surface area contributed by atoms with Gasteiger partial charge in [-0.15, -0.1) is 0 Å². The number of benzene rings is 2. The zero-order valence-electron chi connectivity index (χ0n) is 15.7. The van der Waals surface area contributed by atoms with Crippen molar-refractivity contribution in [1.82, 2.24) is 9.97 Å². The van der Waals surface area contributed by atoms with Crippen molar-refractivity contribution in [1.29, 1.82) is 10.8 Å². The molecule has 30 heavy (non-hydrogen) atoms. The fraction of sp³-hybridized carbons (Fsp3) is 0.100. The van der Waals surface area contributed by atoms with Crippen LogP contribution in [0.1, 0.15) is 22.5 Å². The Kier molecular flexibility index (Phi) is 6.71. The van der Waals surface area contributed by atoms with Crippen molar-refractivity contribution in [3.63, 3.8) is 0 Å². The molecule has 0 amide bonds. The summed E-state index contributed by atoms with van der Waals surface area (Å²) in [6, 6.07) is 9.75. The van der Waals surface area contributed by atoms with Crippen LogP contribution in [0, 0.1) is 10.8 Å². The summed E-state index contributed by atoms with van der Waals surface area (Å²) in [5.41, 5.74) is 13.1. The molecular weight excluding hydrogens is 427 g/mol. The minimum absolute atomic E-state index is 0.0665. The molecule has 0 aliphatic rings. The second-order valence-corrected chi connectivity index (χ2v) is 7.01. The van der Waals surface area contributed by atoms with E-state index in [-0.39, 0.29) is 24.9 Å². The predicted octanol–water partition coefficient (Wildman–Crippen LogP) is 3.51. The number of aromatic nitrogens is 2. The highest BCUT2D eigenvalue weighted by Crippen LogP contribution is 2.27. The van der Waals surface area contributed by atoms with Crippen LogP contribution in [0.15, 0.2) is 48.8 Å². The summed E-state index contributed by atoms with van der Waals surface area (Å²) in [6.07, 6.45) is 3.16. The van der Waals surface area contributed by atoms with E-state index in [1.165, 1.54) is 0 Å². The van der Waals surface area contributed by atoms with E-state index in [1.807, 2.05) is 0 Å². The maximum atomic E-state index is 7.42. The molecule has 0 fully saturated rings. The van der Waals surface area contributed by atoms with Crippen LogP contribution in [0.3, 0.4) is 0 Å². The topological polar surface area (TPSA) is 144 Å². The number of nitrogens with one attached hydrogen (secondary N) is 2. The van der Waals surface area contributed by atoms with Gasteiger partial charge in [0.2, 0.25) is 0 Å². The molecule has 2 aromatic carbocycles. The predicted molar refractivity (Wildman–Crippen MR) is 116 cm³/mol. The SMILES string of the molecule is N=C(N)c1ccc(OCc2cnc(COc3ccc(C(=N)N)cc3Cl)cn2)c(Cl)c1. The third kappa shape index (κ3) is 5.37. The maximum absolute atomic E-state index is 7.42. The number of halogens is 2. The van der Waals surface area contributed by atoms with Crippen molar-refractivity contribution < 1.29 is 9.47 Å². The van der Waals surface area contributed by atoms with E-state index in [2.05, 4.69) is 9.97 Å². The van der Waals surface area contributed by atoms with Gasteiger partial charge in [-0.25, -0.2) is 0 Å². The molecule has 0 saturated carbocycles. The summed E-state index contributed by atoms with van der Waals surface area (Å²) in [5.74, 6) is 0.783. The number of ether oxygens (including phenoxy) is 2. The molecule has 0 radical (unpaired) electrons. The molecule has 0 aliphatic heterocycles. The lowest BCUT2D eigenvalue weighted by Gasteiger charge is -2.10. The lowest BCUT2D eigenvalue weighted by Crippen LogP contribution is -2.11. The smallest absolute Gasteiger partial charge is 0.138 e. The Morgan fingerprint density at radius 3 is 1.47 bits per heavy atom. The average molecular weight is 445 g/mol. The van der Waals surface area contributed by atoms with Gasteiger partial charge in [0.15, 0.2) is 0 Å². The normalized spacial score (nSPS) is 10.5. The van der Waals surface area contributed by atoms with Crippen LogP contribution < -0.4 is 20.9 Å². The molecule has 3 rings (SSSR count).